The SMILES string of the molecule is O=C(O)CCn1c(-c2ccc([N+](=O)[O-])cc2)nc2ccccc21. The number of rotatable bonds is 5. The third kappa shape index (κ3) is 2.89. The van der Waals surface area contributed by atoms with E-state index in [2.05, 4.69) is 4.98 Å². The van der Waals surface area contributed by atoms with E-state index in [-0.39, 0.29) is 18.7 Å². The van der Waals surface area contributed by atoms with E-state index in [0.29, 0.717) is 11.4 Å². The number of benzene rings is 2. The number of nitro benzene ring substituents is 1. The van der Waals surface area contributed by atoms with Crippen molar-refractivity contribution in [3.63, 3.8) is 0 Å². The monoisotopic (exact) mass is 311 g/mol. The van der Waals surface area contributed by atoms with Crippen LogP contribution in [0.15, 0.2) is 48.5 Å². The number of carboxylic acid groups (broad SMARTS) is 1. The Labute approximate surface area is 131 Å². The molecule has 0 amide bonds. The molecule has 7 nitrogen and oxygen atoms in total. The molecule has 0 aliphatic carbocycles. The molecule has 0 bridgehead atoms. The summed E-state index contributed by atoms with van der Waals surface area (Å²) in [6, 6.07) is 13.5. The molecule has 3 rings (SSSR count). The zero-order valence-corrected chi connectivity index (χ0v) is 12.0. The first-order valence-electron chi connectivity index (χ1n) is 6.98. The van der Waals surface area contributed by atoms with Crippen LogP contribution in [-0.4, -0.2) is 25.6 Å². The zero-order valence-electron chi connectivity index (χ0n) is 12.0. The maximum Gasteiger partial charge on any atom is 0.305 e. The summed E-state index contributed by atoms with van der Waals surface area (Å²) < 4.78 is 1.82. The van der Waals surface area contributed by atoms with Gasteiger partial charge in [0, 0.05) is 24.2 Å². The van der Waals surface area contributed by atoms with Crippen molar-refractivity contribution >= 4 is 22.7 Å². The van der Waals surface area contributed by atoms with Crippen molar-refractivity contribution in [2.75, 3.05) is 0 Å². The third-order valence-electron chi connectivity index (χ3n) is 3.54. The fourth-order valence-electron chi connectivity index (χ4n) is 2.46. The Hall–Kier alpha value is -3.22. The lowest BCUT2D eigenvalue weighted by molar-refractivity contribution is -0.384. The van der Waals surface area contributed by atoms with Gasteiger partial charge in [-0.3, -0.25) is 14.9 Å². The number of carbonyl (C=O) groups is 1. The zero-order chi connectivity index (χ0) is 16.4. The average molecular weight is 311 g/mol. The molecule has 116 valence electrons. The molecule has 3 aromatic rings. The first kappa shape index (κ1) is 14.7. The normalized spacial score (nSPS) is 10.8. The largest absolute Gasteiger partial charge is 0.481 e. The van der Waals surface area contributed by atoms with Gasteiger partial charge in [0.2, 0.25) is 0 Å². The number of aliphatic carboxylic acids is 1. The van der Waals surface area contributed by atoms with Gasteiger partial charge in [0.1, 0.15) is 5.82 Å². The van der Waals surface area contributed by atoms with Crippen LogP contribution in [-0.2, 0) is 11.3 Å². The predicted octanol–water partition coefficient (Wildman–Crippen LogP) is 3.09. The first-order valence-corrected chi connectivity index (χ1v) is 6.98. The molecule has 2 aromatic carbocycles. The quantitative estimate of drug-likeness (QED) is 0.576. The standard InChI is InChI=1S/C16H13N3O4/c20-15(21)9-10-18-14-4-2-1-3-13(14)17-16(18)11-5-7-12(8-6-11)19(22)23/h1-8H,9-10H2,(H,20,21). The van der Waals surface area contributed by atoms with Gasteiger partial charge in [-0.05, 0) is 24.3 Å². The Morgan fingerprint density at radius 2 is 1.87 bits per heavy atom. The second-order valence-corrected chi connectivity index (χ2v) is 5.02. The molecule has 7 heteroatoms. The van der Waals surface area contributed by atoms with E-state index in [1.54, 1.807) is 12.1 Å². The molecular formula is C16H13N3O4. The lowest BCUT2D eigenvalue weighted by Gasteiger charge is -2.07. The van der Waals surface area contributed by atoms with Crippen LogP contribution in [0.25, 0.3) is 22.4 Å². The second-order valence-electron chi connectivity index (χ2n) is 5.02. The first-order chi connectivity index (χ1) is 11.1. The van der Waals surface area contributed by atoms with Crippen LogP contribution < -0.4 is 0 Å². The number of hydrogen-bond acceptors (Lipinski definition) is 4. The van der Waals surface area contributed by atoms with Crippen LogP contribution in [0, 0.1) is 10.1 Å². The van der Waals surface area contributed by atoms with Gasteiger partial charge < -0.3 is 9.67 Å². The summed E-state index contributed by atoms with van der Waals surface area (Å²) in [6.07, 6.45) is -0.0274. The van der Waals surface area contributed by atoms with Crippen LogP contribution in [0.2, 0.25) is 0 Å². The number of nitrogens with zero attached hydrogens (tertiary/aromatic N) is 3. The van der Waals surface area contributed by atoms with Gasteiger partial charge in [0.15, 0.2) is 0 Å². The van der Waals surface area contributed by atoms with E-state index in [0.717, 1.165) is 11.0 Å². The number of non-ortho nitro benzene ring substituents is 1. The molecule has 0 saturated heterocycles. The van der Waals surface area contributed by atoms with Gasteiger partial charge in [-0.2, -0.15) is 0 Å². The lowest BCUT2D eigenvalue weighted by Crippen LogP contribution is -2.06. The molecule has 1 heterocycles. The van der Waals surface area contributed by atoms with Crippen molar-refractivity contribution in [1.82, 2.24) is 9.55 Å². The summed E-state index contributed by atoms with van der Waals surface area (Å²) >= 11 is 0. The molecule has 1 N–H and O–H groups in total. The molecule has 0 aliphatic heterocycles. The van der Waals surface area contributed by atoms with Gasteiger partial charge in [-0.1, -0.05) is 12.1 Å². The van der Waals surface area contributed by atoms with E-state index < -0.39 is 10.9 Å². The fraction of sp³-hybridized carbons (Fsp3) is 0.125. The maximum absolute atomic E-state index is 10.9. The highest BCUT2D eigenvalue weighted by Gasteiger charge is 2.14. The molecule has 0 fully saturated rings. The molecular weight excluding hydrogens is 298 g/mol. The van der Waals surface area contributed by atoms with E-state index in [1.165, 1.54) is 12.1 Å². The third-order valence-corrected chi connectivity index (χ3v) is 3.54. The average Bonchev–Trinajstić information content (AvgIpc) is 2.91. The Bertz CT molecular complexity index is 884. The predicted molar refractivity (Wildman–Crippen MR) is 84.1 cm³/mol. The minimum absolute atomic E-state index is 0.00180. The number of carboxylic acids is 1. The van der Waals surface area contributed by atoms with Crippen LogP contribution in [0.4, 0.5) is 5.69 Å². The number of aryl methyl sites for hydroxylation is 1. The Morgan fingerprint density at radius 3 is 2.52 bits per heavy atom. The molecule has 0 aliphatic rings. The Kier molecular flexibility index (Phi) is 3.76. The smallest absolute Gasteiger partial charge is 0.305 e. The lowest BCUT2D eigenvalue weighted by atomic mass is 10.2. The van der Waals surface area contributed by atoms with Gasteiger partial charge in [-0.15, -0.1) is 0 Å². The van der Waals surface area contributed by atoms with Crippen molar-refractivity contribution in [1.29, 1.82) is 0 Å². The van der Waals surface area contributed by atoms with Gasteiger partial charge in [-0.25, -0.2) is 4.98 Å². The summed E-state index contributed by atoms with van der Waals surface area (Å²) in [7, 11) is 0. The number of hydrogen-bond donors (Lipinski definition) is 1. The minimum Gasteiger partial charge on any atom is -0.481 e. The maximum atomic E-state index is 10.9. The van der Waals surface area contributed by atoms with Crippen LogP contribution in [0.3, 0.4) is 0 Å². The number of imidazole rings is 1. The van der Waals surface area contributed by atoms with Crippen molar-refractivity contribution in [3.05, 3.63) is 58.6 Å². The van der Waals surface area contributed by atoms with E-state index >= 15 is 0 Å². The highest BCUT2D eigenvalue weighted by molar-refractivity contribution is 5.81. The number of aromatic nitrogens is 2. The highest BCUT2D eigenvalue weighted by Crippen LogP contribution is 2.26. The van der Waals surface area contributed by atoms with Crippen LogP contribution >= 0.6 is 0 Å². The van der Waals surface area contributed by atoms with Crippen LogP contribution in [0.1, 0.15) is 6.42 Å². The van der Waals surface area contributed by atoms with E-state index in [4.69, 9.17) is 5.11 Å². The van der Waals surface area contributed by atoms with Crippen molar-refractivity contribution in [2.45, 2.75) is 13.0 Å². The fourth-order valence-corrected chi connectivity index (χ4v) is 2.46. The number of fused-ring (bicyclic) bond motifs is 1. The molecule has 0 atom stereocenters. The summed E-state index contributed by atoms with van der Waals surface area (Å²) in [5.41, 5.74) is 2.30. The summed E-state index contributed by atoms with van der Waals surface area (Å²) in [6.45, 7) is 0.280. The van der Waals surface area contributed by atoms with Crippen LogP contribution in [0.5, 0.6) is 0 Å². The molecule has 0 spiro atoms. The van der Waals surface area contributed by atoms with Crippen molar-refractivity contribution in [2.24, 2.45) is 0 Å². The van der Waals surface area contributed by atoms with Crippen molar-refractivity contribution in [3.8, 4) is 11.4 Å². The summed E-state index contributed by atoms with van der Waals surface area (Å²) in [4.78, 5) is 25.7. The molecule has 0 unspecified atom stereocenters. The molecule has 0 saturated carbocycles. The van der Waals surface area contributed by atoms with Gasteiger partial charge >= 0.3 is 5.97 Å². The number of nitro groups is 1. The van der Waals surface area contributed by atoms with E-state index in [9.17, 15) is 14.9 Å². The van der Waals surface area contributed by atoms with Crippen molar-refractivity contribution < 1.29 is 14.8 Å². The summed E-state index contributed by atoms with van der Waals surface area (Å²) in [5.74, 6) is -0.292. The highest BCUT2D eigenvalue weighted by atomic mass is 16.6. The second kappa shape index (κ2) is 5.88. The van der Waals surface area contributed by atoms with Gasteiger partial charge in [0.25, 0.3) is 5.69 Å². The summed E-state index contributed by atoms with van der Waals surface area (Å²) in [5, 5.41) is 19.7. The minimum atomic E-state index is -0.891. The Morgan fingerprint density at radius 1 is 1.17 bits per heavy atom. The van der Waals surface area contributed by atoms with Gasteiger partial charge in [0.05, 0.1) is 22.4 Å². The Balaban J connectivity index is 2.09. The topological polar surface area (TPSA) is 98.3 Å². The number of para-hydroxylation sites is 2. The molecule has 0 radical (unpaired) electrons. The molecule has 23 heavy (non-hydrogen) atoms. The van der Waals surface area contributed by atoms with E-state index in [1.807, 2.05) is 28.8 Å². The molecule has 1 aromatic heterocycles.